The molecular weight excluding hydrogens is 404 g/mol. The minimum Gasteiger partial charge on any atom is -0.486 e. The SMILES string of the molecule is CCNC(=NCC1COc2ccccc2O1)NCCCC(=O)N1CCc2ccccc2C1. The number of aliphatic imine (C=N–C) groups is 1. The number of guanidine groups is 1. The lowest BCUT2D eigenvalue weighted by atomic mass is 9.99. The summed E-state index contributed by atoms with van der Waals surface area (Å²) < 4.78 is 11.7. The van der Waals surface area contributed by atoms with Gasteiger partial charge in [-0.1, -0.05) is 36.4 Å². The van der Waals surface area contributed by atoms with Gasteiger partial charge in [-0.15, -0.1) is 0 Å². The molecule has 0 radical (unpaired) electrons. The Labute approximate surface area is 189 Å². The maximum atomic E-state index is 12.6. The maximum Gasteiger partial charge on any atom is 0.222 e. The summed E-state index contributed by atoms with van der Waals surface area (Å²) >= 11 is 0. The number of benzene rings is 2. The van der Waals surface area contributed by atoms with Crippen LogP contribution < -0.4 is 20.1 Å². The Morgan fingerprint density at radius 2 is 1.88 bits per heavy atom. The summed E-state index contributed by atoms with van der Waals surface area (Å²) in [4.78, 5) is 19.2. The molecule has 0 spiro atoms. The number of hydrogen-bond acceptors (Lipinski definition) is 4. The molecule has 0 aromatic heterocycles. The minimum absolute atomic E-state index is 0.121. The van der Waals surface area contributed by atoms with Crippen LogP contribution in [0.1, 0.15) is 30.9 Å². The third-order valence-electron chi connectivity index (χ3n) is 5.71. The summed E-state index contributed by atoms with van der Waals surface area (Å²) in [7, 11) is 0. The molecule has 1 amide bonds. The normalized spacial score (nSPS) is 17.5. The molecule has 2 aromatic carbocycles. The van der Waals surface area contributed by atoms with Crippen molar-refractivity contribution in [1.82, 2.24) is 15.5 Å². The smallest absolute Gasteiger partial charge is 0.222 e. The molecule has 4 rings (SSSR count). The number of amides is 1. The van der Waals surface area contributed by atoms with Crippen molar-refractivity contribution in [2.75, 3.05) is 32.8 Å². The van der Waals surface area contributed by atoms with Crippen LogP contribution in [0, 0.1) is 0 Å². The van der Waals surface area contributed by atoms with Crippen LogP contribution in [0.5, 0.6) is 11.5 Å². The highest BCUT2D eigenvalue weighted by atomic mass is 16.6. The Balaban J connectivity index is 1.20. The van der Waals surface area contributed by atoms with E-state index in [1.807, 2.05) is 42.2 Å². The van der Waals surface area contributed by atoms with Crippen molar-refractivity contribution in [3.8, 4) is 11.5 Å². The molecule has 0 aliphatic carbocycles. The van der Waals surface area contributed by atoms with E-state index >= 15 is 0 Å². The van der Waals surface area contributed by atoms with Crippen LogP contribution >= 0.6 is 0 Å². The average molecular weight is 437 g/mol. The predicted molar refractivity (Wildman–Crippen MR) is 125 cm³/mol. The number of hydrogen-bond donors (Lipinski definition) is 2. The van der Waals surface area contributed by atoms with Crippen molar-refractivity contribution in [2.24, 2.45) is 4.99 Å². The van der Waals surface area contributed by atoms with E-state index in [4.69, 9.17) is 9.47 Å². The molecule has 0 saturated carbocycles. The first-order chi connectivity index (χ1) is 15.7. The van der Waals surface area contributed by atoms with Crippen LogP contribution in [-0.2, 0) is 17.8 Å². The molecule has 2 heterocycles. The zero-order chi connectivity index (χ0) is 22.2. The lowest BCUT2D eigenvalue weighted by Gasteiger charge is -2.29. The molecule has 2 N–H and O–H groups in total. The first-order valence-electron chi connectivity index (χ1n) is 11.5. The summed E-state index contributed by atoms with van der Waals surface area (Å²) in [5, 5.41) is 6.58. The second-order valence-corrected chi connectivity index (χ2v) is 8.08. The van der Waals surface area contributed by atoms with E-state index < -0.39 is 0 Å². The van der Waals surface area contributed by atoms with Gasteiger partial charge >= 0.3 is 0 Å². The van der Waals surface area contributed by atoms with Crippen LogP contribution in [0.15, 0.2) is 53.5 Å². The predicted octanol–water partition coefficient (Wildman–Crippen LogP) is 2.75. The van der Waals surface area contributed by atoms with E-state index in [-0.39, 0.29) is 12.0 Å². The standard InChI is InChI=1S/C25H32N4O3/c1-2-26-25(28-16-21-18-31-22-10-5-6-11-23(22)32-21)27-14-7-12-24(30)29-15-13-19-8-3-4-9-20(19)17-29/h3-6,8-11,21H,2,7,12-18H2,1H3,(H2,26,27,28). The molecule has 0 fully saturated rings. The number of nitrogens with zero attached hydrogens (tertiary/aromatic N) is 2. The molecule has 32 heavy (non-hydrogen) atoms. The van der Waals surface area contributed by atoms with Crippen molar-refractivity contribution in [2.45, 2.75) is 38.8 Å². The number of fused-ring (bicyclic) bond motifs is 2. The lowest BCUT2D eigenvalue weighted by molar-refractivity contribution is -0.132. The second kappa shape index (κ2) is 10.9. The number of para-hydroxylation sites is 2. The molecule has 0 bridgehead atoms. The highest BCUT2D eigenvalue weighted by Gasteiger charge is 2.21. The summed E-state index contributed by atoms with van der Waals surface area (Å²) in [6.07, 6.45) is 2.11. The molecule has 1 atom stereocenters. The zero-order valence-electron chi connectivity index (χ0n) is 18.7. The number of nitrogens with one attached hydrogen (secondary N) is 2. The van der Waals surface area contributed by atoms with Gasteiger partial charge < -0.3 is 25.0 Å². The third-order valence-corrected chi connectivity index (χ3v) is 5.71. The molecule has 2 aliphatic rings. The molecule has 2 aliphatic heterocycles. The van der Waals surface area contributed by atoms with Gasteiger partial charge in [0.05, 0.1) is 6.54 Å². The fourth-order valence-electron chi connectivity index (χ4n) is 4.00. The Hall–Kier alpha value is -3.22. The van der Waals surface area contributed by atoms with Crippen LogP contribution in [0.2, 0.25) is 0 Å². The van der Waals surface area contributed by atoms with Gasteiger partial charge in [0.2, 0.25) is 5.91 Å². The molecule has 7 heteroatoms. The highest BCUT2D eigenvalue weighted by Crippen LogP contribution is 2.30. The largest absolute Gasteiger partial charge is 0.486 e. The van der Waals surface area contributed by atoms with Gasteiger partial charge in [0.1, 0.15) is 6.61 Å². The fraction of sp³-hybridized carbons (Fsp3) is 0.440. The van der Waals surface area contributed by atoms with Crippen molar-refractivity contribution in [3.05, 3.63) is 59.7 Å². The number of carbonyl (C=O) groups excluding carboxylic acids is 1. The Morgan fingerprint density at radius 1 is 1.09 bits per heavy atom. The Bertz CT molecular complexity index is 946. The quantitative estimate of drug-likeness (QED) is 0.397. The van der Waals surface area contributed by atoms with E-state index in [0.717, 1.165) is 49.9 Å². The van der Waals surface area contributed by atoms with Gasteiger partial charge in [-0.3, -0.25) is 4.79 Å². The van der Waals surface area contributed by atoms with Gasteiger partial charge in [-0.25, -0.2) is 4.99 Å². The molecule has 170 valence electrons. The molecular formula is C25H32N4O3. The second-order valence-electron chi connectivity index (χ2n) is 8.08. The third kappa shape index (κ3) is 5.72. The topological polar surface area (TPSA) is 75.2 Å². The van der Waals surface area contributed by atoms with E-state index in [1.54, 1.807) is 0 Å². The Morgan fingerprint density at radius 3 is 2.72 bits per heavy atom. The van der Waals surface area contributed by atoms with E-state index in [9.17, 15) is 4.79 Å². The fourth-order valence-corrected chi connectivity index (χ4v) is 4.00. The van der Waals surface area contributed by atoms with Crippen molar-refractivity contribution in [1.29, 1.82) is 0 Å². The van der Waals surface area contributed by atoms with Crippen molar-refractivity contribution in [3.63, 3.8) is 0 Å². The molecule has 7 nitrogen and oxygen atoms in total. The summed E-state index contributed by atoms with van der Waals surface area (Å²) in [6.45, 7) is 5.99. The number of ether oxygens (including phenoxy) is 2. The van der Waals surface area contributed by atoms with Crippen LogP contribution in [0.25, 0.3) is 0 Å². The lowest BCUT2D eigenvalue weighted by Crippen LogP contribution is -2.40. The minimum atomic E-state index is -0.121. The summed E-state index contributed by atoms with van der Waals surface area (Å²) in [6, 6.07) is 16.1. The van der Waals surface area contributed by atoms with Gasteiger partial charge in [-0.2, -0.15) is 0 Å². The van der Waals surface area contributed by atoms with Gasteiger partial charge in [0.25, 0.3) is 0 Å². The van der Waals surface area contributed by atoms with Crippen LogP contribution in [0.4, 0.5) is 0 Å². The molecule has 1 unspecified atom stereocenters. The summed E-state index contributed by atoms with van der Waals surface area (Å²) in [5.41, 5.74) is 2.63. The number of rotatable bonds is 7. The molecule has 2 aromatic rings. The van der Waals surface area contributed by atoms with E-state index in [1.165, 1.54) is 11.1 Å². The van der Waals surface area contributed by atoms with Gasteiger partial charge in [-0.05, 0) is 43.0 Å². The van der Waals surface area contributed by atoms with Crippen molar-refractivity contribution >= 4 is 11.9 Å². The van der Waals surface area contributed by atoms with Crippen LogP contribution in [0.3, 0.4) is 0 Å². The van der Waals surface area contributed by atoms with Gasteiger partial charge in [0, 0.05) is 32.6 Å². The van der Waals surface area contributed by atoms with Crippen molar-refractivity contribution < 1.29 is 14.3 Å². The van der Waals surface area contributed by atoms with E-state index in [2.05, 4.69) is 33.8 Å². The first kappa shape index (κ1) is 22.0. The first-order valence-corrected chi connectivity index (χ1v) is 11.5. The zero-order valence-corrected chi connectivity index (χ0v) is 18.7. The molecule has 0 saturated heterocycles. The summed E-state index contributed by atoms with van der Waals surface area (Å²) in [5.74, 6) is 2.49. The van der Waals surface area contributed by atoms with Gasteiger partial charge in [0.15, 0.2) is 23.6 Å². The van der Waals surface area contributed by atoms with Crippen LogP contribution in [-0.4, -0.2) is 55.7 Å². The Kier molecular flexibility index (Phi) is 7.48. The van der Waals surface area contributed by atoms with E-state index in [0.29, 0.717) is 26.1 Å². The maximum absolute atomic E-state index is 12.6. The average Bonchev–Trinajstić information content (AvgIpc) is 2.84. The monoisotopic (exact) mass is 436 g/mol. The highest BCUT2D eigenvalue weighted by molar-refractivity contribution is 5.80. The number of carbonyl (C=O) groups is 1.